The maximum Gasteiger partial charge on any atom is 0.507 e. The summed E-state index contributed by atoms with van der Waals surface area (Å²) >= 11 is 1.48. The number of aromatic nitrogens is 1. The number of ether oxygens (including phenoxy) is 2. The molecule has 7 heteroatoms. The van der Waals surface area contributed by atoms with Crippen molar-refractivity contribution in [1.29, 1.82) is 0 Å². The molecule has 1 atom stereocenters. The largest absolute Gasteiger partial charge is 0.507 e. The molecule has 0 aromatic carbocycles. The Labute approximate surface area is 123 Å². The molecular weight excluding hydrogens is 277 g/mol. The van der Waals surface area contributed by atoms with Crippen LogP contribution in [0.4, 0.5) is 0 Å². The van der Waals surface area contributed by atoms with Crippen molar-refractivity contribution in [1.82, 2.24) is 4.98 Å². The van der Waals surface area contributed by atoms with Gasteiger partial charge in [0.2, 0.25) is 0 Å². The molecule has 0 spiro atoms. The van der Waals surface area contributed by atoms with Gasteiger partial charge in [0.1, 0.15) is 6.10 Å². The molecule has 3 rings (SSSR count). The number of hydrogen-bond donors (Lipinski definition) is 0. The summed E-state index contributed by atoms with van der Waals surface area (Å²) in [5.74, 6) is 0. The van der Waals surface area contributed by atoms with Gasteiger partial charge in [-0.1, -0.05) is 11.3 Å². The highest BCUT2D eigenvalue weighted by Gasteiger charge is 2.52. The van der Waals surface area contributed by atoms with Crippen LogP contribution in [0, 0.1) is 0 Å². The lowest BCUT2D eigenvalue weighted by atomic mass is 9.89. The predicted octanol–water partition coefficient (Wildman–Crippen LogP) is 1.61. The molecule has 1 aromatic heterocycles. The molecule has 0 radical (unpaired) electrons. The van der Waals surface area contributed by atoms with Crippen molar-refractivity contribution >= 4 is 23.2 Å². The molecule has 1 aromatic rings. The summed E-state index contributed by atoms with van der Waals surface area (Å²) in [4.78, 5) is 4.30. The van der Waals surface area contributed by atoms with E-state index in [0.717, 1.165) is 17.8 Å². The van der Waals surface area contributed by atoms with Gasteiger partial charge in [-0.15, -0.1) is 0 Å². The van der Waals surface area contributed by atoms with Crippen molar-refractivity contribution in [2.24, 2.45) is 0 Å². The number of rotatable bonds is 3. The summed E-state index contributed by atoms with van der Waals surface area (Å²) in [6.07, 6.45) is 2.82. The SMILES string of the molecule is CC1(C)OB(c2cnc(OC3CCOC3)s2)OC1(C)C. The van der Waals surface area contributed by atoms with E-state index in [1.807, 2.05) is 27.7 Å². The molecule has 0 saturated carbocycles. The minimum Gasteiger partial charge on any atom is -0.464 e. The van der Waals surface area contributed by atoms with E-state index in [-0.39, 0.29) is 24.4 Å². The fourth-order valence-corrected chi connectivity index (χ4v) is 2.93. The molecule has 2 fully saturated rings. The van der Waals surface area contributed by atoms with Crippen LogP contribution in [0.3, 0.4) is 0 Å². The van der Waals surface area contributed by atoms with Crippen LogP contribution in [0.25, 0.3) is 0 Å². The average Bonchev–Trinajstić information content (AvgIpc) is 3.02. The summed E-state index contributed by atoms with van der Waals surface area (Å²) in [6, 6.07) is 0. The van der Waals surface area contributed by atoms with Crippen molar-refractivity contribution in [3.05, 3.63) is 6.20 Å². The van der Waals surface area contributed by atoms with Crippen LogP contribution >= 0.6 is 11.3 Å². The van der Waals surface area contributed by atoms with Gasteiger partial charge in [0.05, 0.1) is 29.2 Å². The van der Waals surface area contributed by atoms with Gasteiger partial charge in [0, 0.05) is 12.6 Å². The van der Waals surface area contributed by atoms with Crippen molar-refractivity contribution < 1.29 is 18.8 Å². The van der Waals surface area contributed by atoms with E-state index >= 15 is 0 Å². The molecule has 110 valence electrons. The van der Waals surface area contributed by atoms with Crippen molar-refractivity contribution in [3.8, 4) is 5.19 Å². The first kappa shape index (κ1) is 14.3. The highest BCUT2D eigenvalue weighted by atomic mass is 32.1. The van der Waals surface area contributed by atoms with Crippen LogP contribution in [-0.2, 0) is 14.0 Å². The van der Waals surface area contributed by atoms with Gasteiger partial charge in [0.25, 0.3) is 5.19 Å². The van der Waals surface area contributed by atoms with Crippen molar-refractivity contribution in [2.45, 2.75) is 51.4 Å². The van der Waals surface area contributed by atoms with Gasteiger partial charge in [-0.25, -0.2) is 4.98 Å². The normalized spacial score (nSPS) is 28.0. The van der Waals surface area contributed by atoms with Gasteiger partial charge in [-0.05, 0) is 27.7 Å². The molecule has 0 bridgehead atoms. The average molecular weight is 297 g/mol. The van der Waals surface area contributed by atoms with Gasteiger partial charge in [0.15, 0.2) is 0 Å². The minimum absolute atomic E-state index is 0.118. The number of nitrogens with zero attached hydrogens (tertiary/aromatic N) is 1. The maximum atomic E-state index is 6.00. The second kappa shape index (κ2) is 4.98. The highest BCUT2D eigenvalue weighted by Crippen LogP contribution is 2.37. The van der Waals surface area contributed by atoms with E-state index in [2.05, 4.69) is 4.98 Å². The summed E-state index contributed by atoms with van der Waals surface area (Å²) in [5, 5.41) is 0.658. The van der Waals surface area contributed by atoms with Crippen LogP contribution in [0.1, 0.15) is 34.1 Å². The first-order valence-corrected chi connectivity index (χ1v) is 7.75. The van der Waals surface area contributed by atoms with Gasteiger partial charge < -0.3 is 18.8 Å². The van der Waals surface area contributed by atoms with E-state index in [1.54, 1.807) is 6.20 Å². The quantitative estimate of drug-likeness (QED) is 0.793. The molecule has 2 aliphatic rings. The van der Waals surface area contributed by atoms with Crippen LogP contribution in [0.5, 0.6) is 5.19 Å². The Morgan fingerprint density at radius 2 is 2.00 bits per heavy atom. The predicted molar refractivity (Wildman–Crippen MR) is 77.7 cm³/mol. The van der Waals surface area contributed by atoms with E-state index in [9.17, 15) is 0 Å². The zero-order chi connectivity index (χ0) is 14.4. The molecule has 5 nitrogen and oxygen atoms in total. The van der Waals surface area contributed by atoms with Crippen LogP contribution in [0.2, 0.25) is 0 Å². The lowest BCUT2D eigenvalue weighted by molar-refractivity contribution is 0.00578. The highest BCUT2D eigenvalue weighted by molar-refractivity contribution is 7.23. The van der Waals surface area contributed by atoms with Crippen LogP contribution < -0.4 is 9.51 Å². The van der Waals surface area contributed by atoms with Gasteiger partial charge in [-0.2, -0.15) is 0 Å². The van der Waals surface area contributed by atoms with E-state index in [0.29, 0.717) is 11.8 Å². The zero-order valence-corrected chi connectivity index (χ0v) is 13.2. The maximum absolute atomic E-state index is 6.00. The third-order valence-electron chi connectivity index (χ3n) is 4.14. The lowest BCUT2D eigenvalue weighted by Gasteiger charge is -2.32. The molecule has 0 aliphatic carbocycles. The summed E-state index contributed by atoms with van der Waals surface area (Å²) in [7, 11) is -0.366. The standard InChI is InChI=1S/C13H20BNO4S/c1-12(2)13(3,4)19-14(18-12)10-7-15-11(20-10)17-9-5-6-16-8-9/h7,9H,5-6,8H2,1-4H3. The third kappa shape index (κ3) is 2.59. The fraction of sp³-hybridized carbons (Fsp3) is 0.769. The number of hydrogen-bond acceptors (Lipinski definition) is 6. The van der Waals surface area contributed by atoms with Crippen molar-refractivity contribution in [2.75, 3.05) is 13.2 Å². The Bertz CT molecular complexity index is 468. The molecule has 2 aliphatic heterocycles. The molecule has 1 unspecified atom stereocenters. The van der Waals surface area contributed by atoms with Gasteiger partial charge >= 0.3 is 7.12 Å². The minimum atomic E-state index is -0.366. The lowest BCUT2D eigenvalue weighted by Crippen LogP contribution is -2.41. The Kier molecular flexibility index (Phi) is 3.57. The molecule has 20 heavy (non-hydrogen) atoms. The monoisotopic (exact) mass is 297 g/mol. The smallest absolute Gasteiger partial charge is 0.464 e. The summed E-state index contributed by atoms with van der Waals surface area (Å²) < 4.78 is 24.0. The molecule has 0 N–H and O–H groups in total. The molecule has 0 amide bonds. The van der Waals surface area contributed by atoms with E-state index < -0.39 is 0 Å². The summed E-state index contributed by atoms with van der Waals surface area (Å²) in [5.41, 5.74) is -0.663. The second-order valence-electron chi connectivity index (χ2n) is 6.22. The van der Waals surface area contributed by atoms with Crippen molar-refractivity contribution in [3.63, 3.8) is 0 Å². The fourth-order valence-electron chi connectivity index (χ4n) is 2.14. The second-order valence-corrected chi connectivity index (χ2v) is 7.25. The van der Waals surface area contributed by atoms with Crippen LogP contribution in [-0.4, -0.2) is 42.6 Å². The first-order chi connectivity index (χ1) is 9.37. The Balaban J connectivity index is 1.68. The van der Waals surface area contributed by atoms with E-state index in [4.69, 9.17) is 18.8 Å². The Morgan fingerprint density at radius 3 is 2.60 bits per heavy atom. The third-order valence-corrected chi connectivity index (χ3v) is 5.05. The van der Waals surface area contributed by atoms with Gasteiger partial charge in [-0.3, -0.25) is 0 Å². The van der Waals surface area contributed by atoms with Crippen LogP contribution in [0.15, 0.2) is 6.20 Å². The van der Waals surface area contributed by atoms with E-state index in [1.165, 1.54) is 11.3 Å². The Hall–Kier alpha value is -0.625. The zero-order valence-electron chi connectivity index (χ0n) is 12.3. The summed E-state index contributed by atoms with van der Waals surface area (Å²) in [6.45, 7) is 9.58. The topological polar surface area (TPSA) is 49.8 Å². The Morgan fingerprint density at radius 1 is 1.30 bits per heavy atom. The first-order valence-electron chi connectivity index (χ1n) is 6.93. The molecule has 3 heterocycles. The molecule has 2 saturated heterocycles. The number of thiazole rings is 1. The molecular formula is C13H20BNO4S.